The van der Waals surface area contributed by atoms with Gasteiger partial charge in [-0.3, -0.25) is 14.4 Å². The standard InChI is InChI=1S/C36H41NO13/c1-17-30(40)21(37-35(45)49-18-9-6-4-3-5-7-10-18)13-25(48-17)50-23-15-36(46,24(39)16-38)14-20-27(23)34(44)29-28(32(20)42)31(41)19-11-8-12-22(47-2)26(19)33(29)43/h6,8-9,11-12,17-18,21,23,25,30,38,40,42,44,46H,3-5,7,10,13-16H2,1-2H3,(H,37,45)/b9-6+/t17?,18?,21?,23?,25-,30+,36?/m0/s1. The first-order valence-electron chi connectivity index (χ1n) is 16.7. The molecular formula is C36H41NO13. The fraction of sp³-hybridized carbons (Fsp3) is 0.500. The van der Waals surface area contributed by atoms with Crippen LogP contribution in [0.25, 0.3) is 0 Å². The number of aliphatic hydroxyl groups is 3. The van der Waals surface area contributed by atoms with E-state index < -0.39 is 108 Å². The van der Waals surface area contributed by atoms with E-state index in [4.69, 9.17) is 18.9 Å². The molecule has 0 spiro atoms. The van der Waals surface area contributed by atoms with Crippen molar-refractivity contribution in [3.05, 3.63) is 63.7 Å². The molecule has 1 heterocycles. The van der Waals surface area contributed by atoms with Gasteiger partial charge in [0.1, 0.15) is 41.7 Å². The van der Waals surface area contributed by atoms with Gasteiger partial charge >= 0.3 is 6.09 Å². The third-order valence-corrected chi connectivity index (χ3v) is 10.0. The van der Waals surface area contributed by atoms with Crippen LogP contribution in [-0.2, 0) is 25.4 Å². The molecule has 4 aliphatic rings. The molecule has 1 fully saturated rings. The van der Waals surface area contributed by atoms with Gasteiger partial charge in [0.15, 0.2) is 17.9 Å². The summed E-state index contributed by atoms with van der Waals surface area (Å²) in [5.41, 5.74) is -3.93. The van der Waals surface area contributed by atoms with Crippen LogP contribution in [0.3, 0.4) is 0 Å². The Kier molecular flexibility index (Phi) is 10.0. The van der Waals surface area contributed by atoms with Gasteiger partial charge in [0.25, 0.3) is 0 Å². The summed E-state index contributed by atoms with van der Waals surface area (Å²) in [6.45, 7) is 0.487. The number of methoxy groups -OCH3 is 1. The molecule has 14 nitrogen and oxygen atoms in total. The Morgan fingerprint density at radius 2 is 1.82 bits per heavy atom. The van der Waals surface area contributed by atoms with Crippen LogP contribution in [0.2, 0.25) is 0 Å². The maximum absolute atomic E-state index is 13.9. The second-order valence-electron chi connectivity index (χ2n) is 13.3. The number of aliphatic hydroxyl groups excluding tert-OH is 2. The molecule has 1 aliphatic heterocycles. The first-order valence-corrected chi connectivity index (χ1v) is 16.7. The van der Waals surface area contributed by atoms with Gasteiger partial charge < -0.3 is 49.8 Å². The number of phenolic OH excluding ortho intramolecular Hbond substituents is 2. The number of carbonyl (C=O) groups is 4. The number of ether oxygens (including phenoxy) is 4. The Morgan fingerprint density at radius 1 is 1.06 bits per heavy atom. The van der Waals surface area contributed by atoms with E-state index in [0.717, 1.165) is 25.7 Å². The molecule has 6 N–H and O–H groups in total. The van der Waals surface area contributed by atoms with Crippen LogP contribution in [0.5, 0.6) is 17.2 Å². The summed E-state index contributed by atoms with van der Waals surface area (Å²) < 4.78 is 23.0. The summed E-state index contributed by atoms with van der Waals surface area (Å²) in [4.78, 5) is 53.4. The van der Waals surface area contributed by atoms with Crippen molar-refractivity contribution in [1.82, 2.24) is 5.32 Å². The van der Waals surface area contributed by atoms with E-state index >= 15 is 0 Å². The van der Waals surface area contributed by atoms with E-state index in [2.05, 4.69) is 5.32 Å². The first-order chi connectivity index (χ1) is 23.9. The molecule has 14 heteroatoms. The number of amides is 1. The van der Waals surface area contributed by atoms with E-state index in [1.807, 2.05) is 12.2 Å². The molecule has 1 saturated heterocycles. The molecule has 0 saturated carbocycles. The smallest absolute Gasteiger partial charge is 0.408 e. The molecule has 7 atom stereocenters. The number of allylic oxidation sites excluding steroid dienone is 1. The second-order valence-corrected chi connectivity index (χ2v) is 13.3. The number of fused-ring (bicyclic) bond motifs is 3. The van der Waals surface area contributed by atoms with Crippen LogP contribution in [0.15, 0.2) is 30.4 Å². The number of ketones is 3. The number of carbonyl (C=O) groups excluding carboxylic acids is 4. The minimum absolute atomic E-state index is 0.0737. The zero-order valence-electron chi connectivity index (χ0n) is 27.7. The number of hydrogen-bond donors (Lipinski definition) is 6. The summed E-state index contributed by atoms with van der Waals surface area (Å²) in [6.07, 6.45) is 1.13. The Balaban J connectivity index is 1.33. The Morgan fingerprint density at radius 3 is 2.56 bits per heavy atom. The number of Topliss-reactive ketones (excluding diaryl/α,β-unsaturated/α-hetero) is 1. The van der Waals surface area contributed by atoms with Crippen molar-refractivity contribution in [2.45, 2.75) is 101 Å². The minimum Gasteiger partial charge on any atom is -0.507 e. The van der Waals surface area contributed by atoms with Gasteiger partial charge in [-0.25, -0.2) is 4.79 Å². The number of nitrogens with one attached hydrogen (secondary N) is 1. The third kappa shape index (κ3) is 6.37. The van der Waals surface area contributed by atoms with Crippen LogP contribution in [-0.4, -0.2) is 98.9 Å². The zero-order valence-corrected chi connectivity index (χ0v) is 27.7. The number of aromatic hydroxyl groups is 2. The average molecular weight is 696 g/mol. The second kappa shape index (κ2) is 14.1. The molecule has 268 valence electrons. The number of hydrogen-bond acceptors (Lipinski definition) is 13. The van der Waals surface area contributed by atoms with E-state index in [9.17, 15) is 44.7 Å². The largest absolute Gasteiger partial charge is 0.507 e. The van der Waals surface area contributed by atoms with Crippen molar-refractivity contribution in [1.29, 1.82) is 0 Å². The SMILES string of the molecule is COc1cccc2c1C(=O)c1c(O)c3c(c(O)c1C2=O)CC(O)(C(=O)CO)CC3O[C@H]1CC(NC(=O)OC2/C=C/CCCCC2)[C@H](O)C(C)O1. The monoisotopic (exact) mass is 695 g/mol. The van der Waals surface area contributed by atoms with Gasteiger partial charge in [0.05, 0.1) is 42.0 Å². The molecular weight excluding hydrogens is 654 g/mol. The Labute approximate surface area is 287 Å². The molecule has 0 radical (unpaired) electrons. The molecule has 1 amide bonds. The van der Waals surface area contributed by atoms with Crippen LogP contribution in [0, 0.1) is 0 Å². The molecule has 5 unspecified atom stereocenters. The molecule has 2 aromatic carbocycles. The number of rotatable bonds is 7. The van der Waals surface area contributed by atoms with Gasteiger partial charge in [-0.15, -0.1) is 0 Å². The fourth-order valence-corrected chi connectivity index (χ4v) is 7.41. The average Bonchev–Trinajstić information content (AvgIpc) is 3.07. The van der Waals surface area contributed by atoms with Gasteiger partial charge in [-0.1, -0.05) is 24.6 Å². The highest BCUT2D eigenvalue weighted by atomic mass is 16.7. The predicted molar refractivity (Wildman–Crippen MR) is 173 cm³/mol. The lowest BCUT2D eigenvalue weighted by Crippen LogP contribution is -2.56. The fourth-order valence-electron chi connectivity index (χ4n) is 7.41. The maximum atomic E-state index is 13.9. The third-order valence-electron chi connectivity index (χ3n) is 10.0. The molecule has 2 aromatic rings. The summed E-state index contributed by atoms with van der Waals surface area (Å²) >= 11 is 0. The van der Waals surface area contributed by atoms with E-state index in [1.54, 1.807) is 6.92 Å². The summed E-state index contributed by atoms with van der Waals surface area (Å²) in [5.74, 6) is -3.98. The Bertz CT molecular complexity index is 1740. The normalized spacial score (nSPS) is 29.8. The number of phenols is 2. The maximum Gasteiger partial charge on any atom is 0.408 e. The minimum atomic E-state index is -2.32. The summed E-state index contributed by atoms with van der Waals surface area (Å²) in [5, 5.41) is 58.1. The highest BCUT2D eigenvalue weighted by molar-refractivity contribution is 6.31. The zero-order chi connectivity index (χ0) is 35.9. The first kappa shape index (κ1) is 35.5. The van der Waals surface area contributed by atoms with Crippen molar-refractivity contribution in [2.75, 3.05) is 13.7 Å². The van der Waals surface area contributed by atoms with Gasteiger partial charge in [-0.05, 0) is 44.7 Å². The van der Waals surface area contributed by atoms with Gasteiger partial charge in [0.2, 0.25) is 5.78 Å². The van der Waals surface area contributed by atoms with Crippen molar-refractivity contribution in [3.63, 3.8) is 0 Å². The van der Waals surface area contributed by atoms with Crippen LogP contribution >= 0.6 is 0 Å². The van der Waals surface area contributed by atoms with E-state index in [-0.39, 0.29) is 34.4 Å². The molecule has 3 aliphatic carbocycles. The lowest BCUT2D eigenvalue weighted by atomic mass is 9.72. The summed E-state index contributed by atoms with van der Waals surface area (Å²) in [7, 11) is 1.31. The van der Waals surface area contributed by atoms with Crippen molar-refractivity contribution in [2.24, 2.45) is 0 Å². The van der Waals surface area contributed by atoms with Crippen LogP contribution in [0.1, 0.15) is 101 Å². The van der Waals surface area contributed by atoms with Crippen LogP contribution in [0.4, 0.5) is 4.79 Å². The van der Waals surface area contributed by atoms with E-state index in [1.165, 1.54) is 25.3 Å². The lowest BCUT2D eigenvalue weighted by molar-refractivity contribution is -0.249. The molecule has 50 heavy (non-hydrogen) atoms. The summed E-state index contributed by atoms with van der Waals surface area (Å²) in [6, 6.07) is 3.41. The van der Waals surface area contributed by atoms with E-state index in [0.29, 0.717) is 6.42 Å². The lowest BCUT2D eigenvalue weighted by Gasteiger charge is -2.42. The van der Waals surface area contributed by atoms with Crippen LogP contribution < -0.4 is 10.1 Å². The molecule has 0 aromatic heterocycles. The molecule has 6 rings (SSSR count). The Hall–Kier alpha value is -4.34. The van der Waals surface area contributed by atoms with Gasteiger partial charge in [-0.2, -0.15) is 0 Å². The number of alkyl carbamates (subject to hydrolysis) is 1. The highest BCUT2D eigenvalue weighted by Crippen LogP contribution is 2.52. The quantitative estimate of drug-likeness (QED) is 0.155. The van der Waals surface area contributed by atoms with Crippen molar-refractivity contribution >= 4 is 23.4 Å². The van der Waals surface area contributed by atoms with Crippen molar-refractivity contribution in [3.8, 4) is 17.2 Å². The van der Waals surface area contributed by atoms with Gasteiger partial charge in [0, 0.05) is 36.0 Å². The molecule has 0 bridgehead atoms. The topological polar surface area (TPSA) is 218 Å². The van der Waals surface area contributed by atoms with Crippen molar-refractivity contribution < 1.29 is 63.7 Å². The predicted octanol–water partition coefficient (Wildman–Crippen LogP) is 2.66. The highest BCUT2D eigenvalue weighted by Gasteiger charge is 2.50. The number of benzene rings is 2.